The third-order valence-corrected chi connectivity index (χ3v) is 4.30. The second-order valence-electron chi connectivity index (χ2n) is 6.09. The van der Waals surface area contributed by atoms with Crippen LogP contribution in [0.1, 0.15) is 42.0 Å². The van der Waals surface area contributed by atoms with Gasteiger partial charge in [-0.05, 0) is 18.9 Å². The molecule has 2 rings (SSSR count). The highest BCUT2D eigenvalue weighted by molar-refractivity contribution is 5.95. The molecule has 1 amide bonds. The summed E-state index contributed by atoms with van der Waals surface area (Å²) in [6.07, 6.45) is 0.576. The third kappa shape index (κ3) is 4.22. The number of amides is 1. The van der Waals surface area contributed by atoms with Crippen LogP contribution in [-0.4, -0.2) is 38.0 Å². The summed E-state index contributed by atoms with van der Waals surface area (Å²) in [6.45, 7) is 5.08. The molecule has 2 atom stereocenters. The van der Waals surface area contributed by atoms with Gasteiger partial charge >= 0.3 is 5.97 Å². The van der Waals surface area contributed by atoms with E-state index in [1.807, 2.05) is 6.92 Å². The molecule has 0 spiro atoms. The van der Waals surface area contributed by atoms with Crippen LogP contribution in [0.5, 0.6) is 0 Å². The number of aromatic nitrogens is 3. The molecule has 1 aromatic carbocycles. The Bertz CT molecular complexity index is 822. The Morgan fingerprint density at radius 2 is 2.04 bits per heavy atom. The fourth-order valence-electron chi connectivity index (χ4n) is 2.42. The van der Waals surface area contributed by atoms with E-state index < -0.39 is 29.6 Å². The number of benzene rings is 1. The standard InChI is InChI=1S/C17H20F2N4O3/c1-4-9(2)14(17(25)26)20-16(24)15-10(3)23(22-21-15)8-11-5-6-12(18)7-13(11)19/h5-7,9,14H,4,8H2,1-3H3,(H,20,24)(H,25,26)/t9-,14-/m0/s1. The highest BCUT2D eigenvalue weighted by Gasteiger charge is 2.28. The summed E-state index contributed by atoms with van der Waals surface area (Å²) in [4.78, 5) is 23.7. The summed E-state index contributed by atoms with van der Waals surface area (Å²) in [5.41, 5.74) is 0.496. The number of hydrogen-bond donors (Lipinski definition) is 2. The zero-order valence-electron chi connectivity index (χ0n) is 14.7. The molecule has 0 saturated carbocycles. The number of halogens is 2. The van der Waals surface area contributed by atoms with Crippen molar-refractivity contribution in [3.8, 4) is 0 Å². The van der Waals surface area contributed by atoms with E-state index >= 15 is 0 Å². The number of carboxylic acids is 1. The van der Waals surface area contributed by atoms with Crippen LogP contribution >= 0.6 is 0 Å². The van der Waals surface area contributed by atoms with Crippen molar-refractivity contribution in [2.45, 2.75) is 39.8 Å². The van der Waals surface area contributed by atoms with E-state index in [4.69, 9.17) is 0 Å². The van der Waals surface area contributed by atoms with Crippen molar-refractivity contribution in [1.29, 1.82) is 0 Å². The maximum absolute atomic E-state index is 13.8. The van der Waals surface area contributed by atoms with Crippen LogP contribution < -0.4 is 5.32 Å². The Balaban J connectivity index is 2.19. The summed E-state index contributed by atoms with van der Waals surface area (Å²) in [5, 5.41) is 19.3. The van der Waals surface area contributed by atoms with E-state index in [2.05, 4.69) is 15.6 Å². The molecular weight excluding hydrogens is 346 g/mol. The molecule has 26 heavy (non-hydrogen) atoms. The number of rotatable bonds is 7. The SMILES string of the molecule is CC[C@H](C)[C@H](NC(=O)c1nnn(Cc2ccc(F)cc2F)c1C)C(=O)O. The number of hydrogen-bond acceptors (Lipinski definition) is 4. The first-order valence-electron chi connectivity index (χ1n) is 8.12. The summed E-state index contributed by atoms with van der Waals surface area (Å²) in [5.74, 6) is -3.48. The lowest BCUT2D eigenvalue weighted by Gasteiger charge is -2.19. The van der Waals surface area contributed by atoms with Gasteiger partial charge in [0.2, 0.25) is 0 Å². The van der Waals surface area contributed by atoms with Crippen molar-refractivity contribution < 1.29 is 23.5 Å². The highest BCUT2D eigenvalue weighted by atomic mass is 19.1. The molecule has 0 radical (unpaired) electrons. The third-order valence-electron chi connectivity index (χ3n) is 4.30. The van der Waals surface area contributed by atoms with E-state index in [0.29, 0.717) is 12.1 Å². The van der Waals surface area contributed by atoms with Crippen LogP contribution in [0.3, 0.4) is 0 Å². The zero-order valence-corrected chi connectivity index (χ0v) is 14.7. The molecule has 9 heteroatoms. The maximum atomic E-state index is 13.8. The molecule has 1 heterocycles. The van der Waals surface area contributed by atoms with Gasteiger partial charge in [0.15, 0.2) is 5.69 Å². The highest BCUT2D eigenvalue weighted by Crippen LogP contribution is 2.14. The predicted molar refractivity (Wildman–Crippen MR) is 88.6 cm³/mol. The van der Waals surface area contributed by atoms with Gasteiger partial charge in [-0.1, -0.05) is 31.5 Å². The normalized spacial score (nSPS) is 13.3. The summed E-state index contributed by atoms with van der Waals surface area (Å²) < 4.78 is 28.1. The summed E-state index contributed by atoms with van der Waals surface area (Å²) >= 11 is 0. The second-order valence-corrected chi connectivity index (χ2v) is 6.09. The Kier molecular flexibility index (Phi) is 6.01. The Morgan fingerprint density at radius 3 is 2.62 bits per heavy atom. The molecule has 0 saturated heterocycles. The van der Waals surface area contributed by atoms with Crippen LogP contribution in [0.4, 0.5) is 8.78 Å². The van der Waals surface area contributed by atoms with Gasteiger partial charge in [-0.2, -0.15) is 0 Å². The number of nitrogens with one attached hydrogen (secondary N) is 1. The molecule has 7 nitrogen and oxygen atoms in total. The topological polar surface area (TPSA) is 97.1 Å². The lowest BCUT2D eigenvalue weighted by atomic mass is 9.99. The molecule has 2 N–H and O–H groups in total. The first-order chi connectivity index (χ1) is 12.2. The van der Waals surface area contributed by atoms with Crippen molar-refractivity contribution in [1.82, 2.24) is 20.3 Å². The quantitative estimate of drug-likeness (QED) is 0.783. The summed E-state index contributed by atoms with van der Waals surface area (Å²) in [6, 6.07) is 2.13. The van der Waals surface area contributed by atoms with E-state index in [1.54, 1.807) is 13.8 Å². The van der Waals surface area contributed by atoms with Crippen molar-refractivity contribution in [3.63, 3.8) is 0 Å². The van der Waals surface area contributed by atoms with Crippen LogP contribution in [0, 0.1) is 24.5 Å². The van der Waals surface area contributed by atoms with Crippen LogP contribution in [0.25, 0.3) is 0 Å². The average molecular weight is 366 g/mol. The first kappa shape index (κ1) is 19.5. The Morgan fingerprint density at radius 1 is 1.35 bits per heavy atom. The zero-order chi connectivity index (χ0) is 19.4. The average Bonchev–Trinajstić information content (AvgIpc) is 2.94. The van der Waals surface area contributed by atoms with Crippen LogP contribution in [0.15, 0.2) is 18.2 Å². The van der Waals surface area contributed by atoms with Crippen molar-refractivity contribution in [2.24, 2.45) is 5.92 Å². The number of carboxylic acid groups (broad SMARTS) is 1. The fourth-order valence-corrected chi connectivity index (χ4v) is 2.42. The predicted octanol–water partition coefficient (Wildman–Crippen LogP) is 2.14. The molecule has 0 aliphatic rings. The molecular formula is C17H20F2N4O3. The first-order valence-corrected chi connectivity index (χ1v) is 8.12. The maximum Gasteiger partial charge on any atom is 0.326 e. The van der Waals surface area contributed by atoms with Gasteiger partial charge in [0.25, 0.3) is 5.91 Å². The summed E-state index contributed by atoms with van der Waals surface area (Å²) in [7, 11) is 0. The minimum atomic E-state index is -1.13. The van der Waals surface area contributed by atoms with Gasteiger partial charge in [-0.3, -0.25) is 4.79 Å². The largest absolute Gasteiger partial charge is 0.480 e. The van der Waals surface area contributed by atoms with Gasteiger partial charge < -0.3 is 10.4 Å². The number of carbonyl (C=O) groups excluding carboxylic acids is 1. The molecule has 0 aliphatic heterocycles. The minimum absolute atomic E-state index is 0.0358. The number of aliphatic carboxylic acids is 1. The minimum Gasteiger partial charge on any atom is -0.480 e. The molecule has 0 aliphatic carbocycles. The van der Waals surface area contributed by atoms with Gasteiger partial charge in [-0.25, -0.2) is 18.3 Å². The Labute approximate surface area is 149 Å². The van der Waals surface area contributed by atoms with Gasteiger partial charge in [-0.15, -0.1) is 5.10 Å². The fraction of sp³-hybridized carbons (Fsp3) is 0.412. The lowest BCUT2D eigenvalue weighted by Crippen LogP contribution is -2.45. The van der Waals surface area contributed by atoms with Crippen LogP contribution in [-0.2, 0) is 11.3 Å². The van der Waals surface area contributed by atoms with Gasteiger partial charge in [0.1, 0.15) is 17.7 Å². The van der Waals surface area contributed by atoms with Crippen molar-refractivity contribution in [3.05, 3.63) is 46.8 Å². The van der Waals surface area contributed by atoms with E-state index in [1.165, 1.54) is 10.7 Å². The van der Waals surface area contributed by atoms with Gasteiger partial charge in [0, 0.05) is 11.6 Å². The van der Waals surface area contributed by atoms with Crippen molar-refractivity contribution >= 4 is 11.9 Å². The molecule has 0 fully saturated rings. The molecule has 2 aromatic rings. The van der Waals surface area contributed by atoms with Crippen molar-refractivity contribution in [2.75, 3.05) is 0 Å². The Hall–Kier alpha value is -2.84. The number of carbonyl (C=O) groups is 2. The van der Waals surface area contributed by atoms with E-state index in [-0.39, 0.29) is 23.7 Å². The number of nitrogens with zero attached hydrogens (tertiary/aromatic N) is 3. The molecule has 0 unspecified atom stereocenters. The van der Waals surface area contributed by atoms with Gasteiger partial charge in [0.05, 0.1) is 12.2 Å². The monoisotopic (exact) mass is 366 g/mol. The van der Waals surface area contributed by atoms with Crippen LogP contribution in [0.2, 0.25) is 0 Å². The van der Waals surface area contributed by atoms with E-state index in [9.17, 15) is 23.5 Å². The smallest absolute Gasteiger partial charge is 0.326 e. The van der Waals surface area contributed by atoms with E-state index in [0.717, 1.165) is 12.1 Å². The molecule has 0 bridgehead atoms. The molecule has 1 aromatic heterocycles. The lowest BCUT2D eigenvalue weighted by molar-refractivity contribution is -0.140. The molecule has 140 valence electrons. The second kappa shape index (κ2) is 8.03.